The van der Waals surface area contributed by atoms with E-state index in [1.165, 1.54) is 11.9 Å². The van der Waals surface area contributed by atoms with Crippen LogP contribution >= 0.6 is 0 Å². The highest BCUT2D eigenvalue weighted by atomic mass is 32.2. The van der Waals surface area contributed by atoms with Crippen LogP contribution in [0.4, 0.5) is 4.79 Å². The fourth-order valence-corrected chi connectivity index (χ4v) is 3.17. The summed E-state index contributed by atoms with van der Waals surface area (Å²) in [6.07, 6.45) is -0.182. The molecule has 1 aliphatic heterocycles. The van der Waals surface area contributed by atoms with Gasteiger partial charge >= 0.3 is 6.09 Å². The van der Waals surface area contributed by atoms with Gasteiger partial charge in [-0.15, -0.1) is 0 Å². The second-order valence-electron chi connectivity index (χ2n) is 5.79. The van der Waals surface area contributed by atoms with Crippen LogP contribution in [0.2, 0.25) is 0 Å². The fraction of sp³-hybridized carbons (Fsp3) is 0.857. The zero-order chi connectivity index (χ0) is 18.3. The third-order valence-electron chi connectivity index (χ3n) is 3.69. The van der Waals surface area contributed by atoms with E-state index >= 15 is 0 Å². The largest absolute Gasteiger partial charge is 0.449 e. The average molecular weight is 366 g/mol. The van der Waals surface area contributed by atoms with Crippen molar-refractivity contribution in [2.75, 3.05) is 26.5 Å². The van der Waals surface area contributed by atoms with Gasteiger partial charge in [0.15, 0.2) is 0 Å². The van der Waals surface area contributed by atoms with Crippen LogP contribution in [0.3, 0.4) is 0 Å². The Labute approximate surface area is 142 Å². The summed E-state index contributed by atoms with van der Waals surface area (Å²) in [6.45, 7) is 2.17. The van der Waals surface area contributed by atoms with E-state index in [1.807, 2.05) is 6.92 Å². The lowest BCUT2D eigenvalue weighted by Gasteiger charge is -2.27. The van der Waals surface area contributed by atoms with Crippen molar-refractivity contribution in [3.63, 3.8) is 0 Å². The van der Waals surface area contributed by atoms with E-state index in [-0.39, 0.29) is 31.9 Å². The average Bonchev–Trinajstić information content (AvgIpc) is 2.89. The molecule has 24 heavy (non-hydrogen) atoms. The van der Waals surface area contributed by atoms with E-state index in [4.69, 9.17) is 8.92 Å². The van der Waals surface area contributed by atoms with Crippen LogP contribution in [0.25, 0.3) is 0 Å². The van der Waals surface area contributed by atoms with E-state index < -0.39 is 34.5 Å². The van der Waals surface area contributed by atoms with E-state index in [0.29, 0.717) is 6.42 Å². The second-order valence-corrected chi connectivity index (χ2v) is 7.39. The van der Waals surface area contributed by atoms with Crippen LogP contribution in [0.1, 0.15) is 32.6 Å². The minimum atomic E-state index is -3.69. The van der Waals surface area contributed by atoms with Crippen LogP contribution in [0, 0.1) is 0 Å². The number of likely N-dealkylation sites (tertiary alicyclic amines) is 1. The first-order chi connectivity index (χ1) is 11.2. The van der Waals surface area contributed by atoms with Gasteiger partial charge in [0, 0.05) is 7.05 Å². The van der Waals surface area contributed by atoms with Gasteiger partial charge in [0.25, 0.3) is 10.1 Å². The molecule has 1 fully saturated rings. The van der Waals surface area contributed by atoms with Gasteiger partial charge in [-0.05, 0) is 12.8 Å². The number of amides is 2. The van der Waals surface area contributed by atoms with Crippen molar-refractivity contribution in [2.45, 2.75) is 50.9 Å². The molecule has 0 aromatic carbocycles. The number of hydrogen-bond donors (Lipinski definition) is 2. The van der Waals surface area contributed by atoms with Crippen molar-refractivity contribution in [2.24, 2.45) is 0 Å². The summed E-state index contributed by atoms with van der Waals surface area (Å²) in [6, 6.07) is -0.747. The summed E-state index contributed by atoms with van der Waals surface area (Å²) >= 11 is 0. The smallest absolute Gasteiger partial charge is 0.410 e. The molecule has 0 spiro atoms. The molecular weight excluding hydrogens is 340 g/mol. The maximum absolute atomic E-state index is 12.2. The van der Waals surface area contributed by atoms with Gasteiger partial charge < -0.3 is 15.2 Å². The maximum atomic E-state index is 12.2. The van der Waals surface area contributed by atoms with Crippen molar-refractivity contribution in [3.05, 3.63) is 0 Å². The molecule has 1 heterocycles. The molecule has 9 nitrogen and oxygen atoms in total. The predicted molar refractivity (Wildman–Crippen MR) is 85.8 cm³/mol. The zero-order valence-corrected chi connectivity index (χ0v) is 15.0. The van der Waals surface area contributed by atoms with Gasteiger partial charge in [-0.3, -0.25) is 13.9 Å². The highest BCUT2D eigenvalue weighted by molar-refractivity contribution is 7.86. The molecule has 2 N–H and O–H groups in total. The Morgan fingerprint density at radius 3 is 2.62 bits per heavy atom. The summed E-state index contributed by atoms with van der Waals surface area (Å²) < 4.78 is 32.6. The molecule has 0 saturated carbocycles. The minimum absolute atomic E-state index is 0.0203. The number of aliphatic hydroxyl groups excluding tert-OH is 1. The standard InChI is InChI=1S/C14H26N2O7S/c1-4-5-6-22-14(19)16-9-10(23-24(3,20)21)7-11(16)12(17)8-13(18)15-2/h10-12,17H,4-9H2,1-3H3,(H,15,18)/t10?,11?,12-/m1/s1. The first-order valence-electron chi connectivity index (χ1n) is 7.88. The Morgan fingerprint density at radius 2 is 2.08 bits per heavy atom. The molecule has 1 saturated heterocycles. The lowest BCUT2D eigenvalue weighted by Crippen LogP contribution is -2.44. The van der Waals surface area contributed by atoms with Crippen molar-refractivity contribution in [1.82, 2.24) is 10.2 Å². The number of hydrogen-bond acceptors (Lipinski definition) is 7. The van der Waals surface area contributed by atoms with Crippen molar-refractivity contribution in [1.29, 1.82) is 0 Å². The minimum Gasteiger partial charge on any atom is -0.449 e. The Morgan fingerprint density at radius 1 is 1.42 bits per heavy atom. The summed E-state index contributed by atoms with van der Waals surface area (Å²) in [4.78, 5) is 24.9. The fourth-order valence-electron chi connectivity index (χ4n) is 2.53. The van der Waals surface area contributed by atoms with Gasteiger partial charge in [0.2, 0.25) is 5.91 Å². The summed E-state index contributed by atoms with van der Waals surface area (Å²) in [5, 5.41) is 12.6. The van der Waals surface area contributed by atoms with Crippen LogP contribution < -0.4 is 5.32 Å². The summed E-state index contributed by atoms with van der Waals surface area (Å²) in [5.41, 5.74) is 0. The van der Waals surface area contributed by atoms with Gasteiger partial charge in [-0.25, -0.2) is 4.79 Å². The van der Waals surface area contributed by atoms with Crippen molar-refractivity contribution >= 4 is 22.1 Å². The number of carbonyl (C=O) groups is 2. The summed E-state index contributed by atoms with van der Waals surface area (Å²) in [5.74, 6) is -0.380. The maximum Gasteiger partial charge on any atom is 0.410 e. The Bertz CT molecular complexity index is 537. The third-order valence-corrected chi connectivity index (χ3v) is 4.31. The molecule has 0 bridgehead atoms. The number of aliphatic hydroxyl groups is 1. The first-order valence-corrected chi connectivity index (χ1v) is 9.69. The number of rotatable bonds is 8. The van der Waals surface area contributed by atoms with Crippen LogP contribution in [0.5, 0.6) is 0 Å². The molecule has 140 valence electrons. The lowest BCUT2D eigenvalue weighted by atomic mass is 10.0. The van der Waals surface area contributed by atoms with Gasteiger partial charge in [0.05, 0.1) is 44.1 Å². The molecule has 1 aliphatic rings. The van der Waals surface area contributed by atoms with E-state index in [2.05, 4.69) is 5.32 Å². The first kappa shape index (κ1) is 20.7. The quantitative estimate of drug-likeness (QED) is 0.452. The SMILES string of the molecule is CCCCOC(=O)N1CC(OS(C)(=O)=O)CC1[C@H](O)CC(=O)NC. The Kier molecular flexibility index (Phi) is 7.91. The molecule has 10 heteroatoms. The topological polar surface area (TPSA) is 122 Å². The van der Waals surface area contributed by atoms with Crippen molar-refractivity contribution in [3.8, 4) is 0 Å². The lowest BCUT2D eigenvalue weighted by molar-refractivity contribution is -0.123. The van der Waals surface area contributed by atoms with Gasteiger partial charge in [-0.1, -0.05) is 13.3 Å². The number of carbonyl (C=O) groups excluding carboxylic acids is 2. The summed E-state index contributed by atoms with van der Waals surface area (Å²) in [7, 11) is -2.25. The van der Waals surface area contributed by atoms with Crippen LogP contribution in [-0.4, -0.2) is 75.1 Å². The van der Waals surface area contributed by atoms with Crippen LogP contribution in [-0.2, 0) is 23.8 Å². The number of nitrogens with zero attached hydrogens (tertiary/aromatic N) is 1. The molecule has 3 atom stereocenters. The van der Waals surface area contributed by atoms with Gasteiger partial charge in [-0.2, -0.15) is 8.42 Å². The molecule has 2 unspecified atom stereocenters. The molecule has 0 radical (unpaired) electrons. The molecule has 0 aliphatic carbocycles. The number of ether oxygens (including phenoxy) is 1. The normalized spacial score (nSPS) is 22.2. The van der Waals surface area contributed by atoms with Crippen molar-refractivity contribution < 1.29 is 32.0 Å². The molecule has 1 rings (SSSR count). The highest BCUT2D eigenvalue weighted by Gasteiger charge is 2.42. The van der Waals surface area contributed by atoms with Gasteiger partial charge in [0.1, 0.15) is 0 Å². The molecule has 2 amide bonds. The van der Waals surface area contributed by atoms with E-state index in [1.54, 1.807) is 0 Å². The Hall–Kier alpha value is -1.39. The number of unbranched alkanes of at least 4 members (excludes halogenated alkanes) is 1. The monoisotopic (exact) mass is 366 g/mol. The Balaban J connectivity index is 2.80. The van der Waals surface area contributed by atoms with E-state index in [0.717, 1.165) is 12.7 Å². The van der Waals surface area contributed by atoms with E-state index in [9.17, 15) is 23.1 Å². The zero-order valence-electron chi connectivity index (χ0n) is 14.2. The molecular formula is C14H26N2O7S. The second kappa shape index (κ2) is 9.19. The predicted octanol–water partition coefficient (Wildman–Crippen LogP) is -0.161. The number of nitrogens with one attached hydrogen (secondary N) is 1. The third kappa shape index (κ3) is 6.62. The molecule has 0 aromatic rings. The molecule has 0 aromatic heterocycles. The highest BCUT2D eigenvalue weighted by Crippen LogP contribution is 2.26. The van der Waals surface area contributed by atoms with Crippen LogP contribution in [0.15, 0.2) is 0 Å².